The third-order valence-electron chi connectivity index (χ3n) is 4.14. The average molecular weight is 362 g/mol. The Morgan fingerprint density at radius 1 is 1.15 bits per heavy atom. The minimum atomic E-state index is -0.461. The molecule has 0 spiro atoms. The van der Waals surface area contributed by atoms with Gasteiger partial charge in [-0.1, -0.05) is 0 Å². The summed E-state index contributed by atoms with van der Waals surface area (Å²) in [4.78, 5) is 24.2. The Hall–Kier alpha value is -3.68. The summed E-state index contributed by atoms with van der Waals surface area (Å²) in [5, 5.41) is 4.59. The van der Waals surface area contributed by atoms with Crippen molar-refractivity contribution in [2.75, 3.05) is 0 Å². The number of carbonyl (C=O) groups excluding carboxylic acids is 1. The second kappa shape index (κ2) is 6.56. The van der Waals surface area contributed by atoms with Gasteiger partial charge in [-0.2, -0.15) is 5.10 Å². The Labute approximate surface area is 153 Å². The number of imidazole rings is 1. The fourth-order valence-electron chi connectivity index (χ4n) is 2.86. The van der Waals surface area contributed by atoms with Crippen molar-refractivity contribution in [1.82, 2.24) is 24.6 Å². The molecule has 0 saturated heterocycles. The standard InChI is InChI=1S/C19H15FN6O/c1-11-14(20)4-5-16(24-11)19-13(3-2-8-22-19)15-6-7-18-23-10-12(9-17(21)27)26(18)25-15/h2-8,10H,9H2,1H3,(H2,21,27). The lowest BCUT2D eigenvalue weighted by Crippen LogP contribution is -2.15. The van der Waals surface area contributed by atoms with Gasteiger partial charge in [-0.3, -0.25) is 9.78 Å². The molecule has 0 saturated carbocycles. The second-order valence-corrected chi connectivity index (χ2v) is 6.04. The number of nitrogens with zero attached hydrogens (tertiary/aromatic N) is 5. The maximum Gasteiger partial charge on any atom is 0.223 e. The van der Waals surface area contributed by atoms with E-state index in [-0.39, 0.29) is 12.2 Å². The van der Waals surface area contributed by atoms with E-state index in [4.69, 9.17) is 5.73 Å². The number of rotatable bonds is 4. The van der Waals surface area contributed by atoms with Crippen molar-refractivity contribution in [3.63, 3.8) is 0 Å². The topological polar surface area (TPSA) is 99.1 Å². The Balaban J connectivity index is 1.86. The number of amides is 1. The number of halogens is 1. The summed E-state index contributed by atoms with van der Waals surface area (Å²) < 4.78 is 15.2. The minimum absolute atomic E-state index is 0.0379. The van der Waals surface area contributed by atoms with Gasteiger partial charge in [0.05, 0.1) is 41.1 Å². The van der Waals surface area contributed by atoms with E-state index in [0.29, 0.717) is 34.1 Å². The van der Waals surface area contributed by atoms with Crippen molar-refractivity contribution in [3.8, 4) is 22.6 Å². The molecule has 2 N–H and O–H groups in total. The van der Waals surface area contributed by atoms with Crippen LogP contribution >= 0.6 is 0 Å². The van der Waals surface area contributed by atoms with Gasteiger partial charge in [-0.05, 0) is 43.3 Å². The summed E-state index contributed by atoms with van der Waals surface area (Å²) in [5.41, 5.74) is 9.29. The molecule has 0 unspecified atom stereocenters. The number of fused-ring (bicyclic) bond motifs is 1. The molecule has 0 radical (unpaired) electrons. The maximum absolute atomic E-state index is 13.6. The normalized spacial score (nSPS) is 11.0. The van der Waals surface area contributed by atoms with Crippen LogP contribution in [0.2, 0.25) is 0 Å². The van der Waals surface area contributed by atoms with Crippen LogP contribution in [0.3, 0.4) is 0 Å². The zero-order valence-corrected chi connectivity index (χ0v) is 14.4. The molecule has 7 nitrogen and oxygen atoms in total. The van der Waals surface area contributed by atoms with Crippen LogP contribution in [0.25, 0.3) is 28.3 Å². The van der Waals surface area contributed by atoms with Crippen molar-refractivity contribution >= 4 is 11.6 Å². The van der Waals surface area contributed by atoms with Crippen molar-refractivity contribution in [3.05, 3.63) is 66.0 Å². The number of primary amides is 1. The van der Waals surface area contributed by atoms with E-state index in [2.05, 4.69) is 20.1 Å². The quantitative estimate of drug-likeness (QED) is 0.601. The average Bonchev–Trinajstić information content (AvgIpc) is 3.05. The molecule has 8 heteroatoms. The van der Waals surface area contributed by atoms with Gasteiger partial charge in [-0.15, -0.1) is 0 Å². The number of pyridine rings is 2. The first-order chi connectivity index (χ1) is 13.0. The van der Waals surface area contributed by atoms with Crippen LogP contribution in [-0.2, 0) is 11.2 Å². The summed E-state index contributed by atoms with van der Waals surface area (Å²) >= 11 is 0. The van der Waals surface area contributed by atoms with Gasteiger partial charge in [-0.25, -0.2) is 18.9 Å². The maximum atomic E-state index is 13.6. The lowest BCUT2D eigenvalue weighted by molar-refractivity contribution is -0.117. The Kier molecular flexibility index (Phi) is 4.08. The van der Waals surface area contributed by atoms with E-state index in [0.717, 1.165) is 5.56 Å². The van der Waals surface area contributed by atoms with Gasteiger partial charge >= 0.3 is 0 Å². The van der Waals surface area contributed by atoms with Crippen LogP contribution in [0.4, 0.5) is 4.39 Å². The molecular weight excluding hydrogens is 347 g/mol. The van der Waals surface area contributed by atoms with E-state index in [9.17, 15) is 9.18 Å². The first-order valence-electron chi connectivity index (χ1n) is 8.24. The fourth-order valence-corrected chi connectivity index (χ4v) is 2.86. The van der Waals surface area contributed by atoms with Crippen LogP contribution in [0, 0.1) is 12.7 Å². The Morgan fingerprint density at radius 2 is 1.96 bits per heavy atom. The van der Waals surface area contributed by atoms with Crippen LogP contribution in [0.15, 0.2) is 48.8 Å². The molecule has 4 heterocycles. The smallest absolute Gasteiger partial charge is 0.223 e. The van der Waals surface area contributed by atoms with Crippen molar-refractivity contribution < 1.29 is 9.18 Å². The lowest BCUT2D eigenvalue weighted by atomic mass is 10.1. The lowest BCUT2D eigenvalue weighted by Gasteiger charge is -2.09. The summed E-state index contributed by atoms with van der Waals surface area (Å²) in [6.45, 7) is 1.60. The second-order valence-electron chi connectivity index (χ2n) is 6.04. The summed E-state index contributed by atoms with van der Waals surface area (Å²) in [6.07, 6.45) is 3.26. The molecule has 4 rings (SSSR count). The number of carbonyl (C=O) groups is 1. The molecule has 1 amide bonds. The van der Waals surface area contributed by atoms with Gasteiger partial charge in [0.15, 0.2) is 5.65 Å². The first kappa shape index (κ1) is 16.8. The van der Waals surface area contributed by atoms with Gasteiger partial charge in [0, 0.05) is 11.8 Å². The van der Waals surface area contributed by atoms with E-state index in [1.165, 1.54) is 6.07 Å². The molecule has 4 aromatic heterocycles. The van der Waals surface area contributed by atoms with Crippen molar-refractivity contribution in [2.45, 2.75) is 13.3 Å². The number of nitrogens with two attached hydrogens (primary N) is 1. The van der Waals surface area contributed by atoms with E-state index in [1.807, 2.05) is 12.1 Å². The van der Waals surface area contributed by atoms with Gasteiger partial charge in [0.1, 0.15) is 5.82 Å². The highest BCUT2D eigenvalue weighted by Gasteiger charge is 2.14. The highest BCUT2D eigenvalue weighted by Crippen LogP contribution is 2.28. The van der Waals surface area contributed by atoms with E-state index in [1.54, 1.807) is 42.0 Å². The molecule has 134 valence electrons. The van der Waals surface area contributed by atoms with E-state index < -0.39 is 5.91 Å². The SMILES string of the molecule is Cc1nc(-c2ncccc2-c2ccc3ncc(CC(N)=O)n3n2)ccc1F. The molecule has 27 heavy (non-hydrogen) atoms. The number of aromatic nitrogens is 5. The van der Waals surface area contributed by atoms with Gasteiger partial charge < -0.3 is 5.73 Å². The molecule has 0 bridgehead atoms. The van der Waals surface area contributed by atoms with Crippen molar-refractivity contribution in [1.29, 1.82) is 0 Å². The molecule has 0 aliphatic carbocycles. The largest absolute Gasteiger partial charge is 0.369 e. The molecule has 0 aliphatic rings. The third-order valence-corrected chi connectivity index (χ3v) is 4.14. The predicted octanol–water partition coefficient (Wildman–Crippen LogP) is 2.33. The predicted molar refractivity (Wildman–Crippen MR) is 97.0 cm³/mol. The summed E-state index contributed by atoms with van der Waals surface area (Å²) in [6, 6.07) is 10.2. The molecule has 0 aliphatic heterocycles. The highest BCUT2D eigenvalue weighted by molar-refractivity contribution is 5.78. The Morgan fingerprint density at radius 3 is 2.74 bits per heavy atom. The van der Waals surface area contributed by atoms with Crippen LogP contribution in [-0.4, -0.2) is 30.5 Å². The summed E-state index contributed by atoms with van der Waals surface area (Å²) in [5.74, 6) is -0.831. The Bertz CT molecular complexity index is 1170. The summed E-state index contributed by atoms with van der Waals surface area (Å²) in [7, 11) is 0. The van der Waals surface area contributed by atoms with Crippen LogP contribution < -0.4 is 5.73 Å². The zero-order chi connectivity index (χ0) is 19.0. The third kappa shape index (κ3) is 3.12. The number of hydrogen-bond acceptors (Lipinski definition) is 5. The molecule has 0 fully saturated rings. The highest BCUT2D eigenvalue weighted by atomic mass is 19.1. The van der Waals surface area contributed by atoms with Crippen molar-refractivity contribution in [2.24, 2.45) is 5.73 Å². The number of aryl methyl sites for hydroxylation is 1. The molecule has 0 aromatic carbocycles. The minimum Gasteiger partial charge on any atom is -0.369 e. The van der Waals surface area contributed by atoms with Crippen LogP contribution in [0.5, 0.6) is 0 Å². The molecule has 0 atom stereocenters. The molecular formula is C19H15FN6O. The van der Waals surface area contributed by atoms with Gasteiger partial charge in [0.25, 0.3) is 0 Å². The first-order valence-corrected chi connectivity index (χ1v) is 8.24. The molecule has 4 aromatic rings. The number of hydrogen-bond donors (Lipinski definition) is 1. The zero-order valence-electron chi connectivity index (χ0n) is 14.4. The van der Waals surface area contributed by atoms with Gasteiger partial charge in [0.2, 0.25) is 5.91 Å². The fraction of sp³-hybridized carbons (Fsp3) is 0.105. The van der Waals surface area contributed by atoms with E-state index >= 15 is 0 Å². The van der Waals surface area contributed by atoms with Crippen LogP contribution in [0.1, 0.15) is 11.4 Å². The monoisotopic (exact) mass is 362 g/mol.